The van der Waals surface area contributed by atoms with Gasteiger partial charge in [0.2, 0.25) is 0 Å². The number of benzene rings is 2. The van der Waals surface area contributed by atoms with Crippen molar-refractivity contribution >= 4 is 10.9 Å². The van der Waals surface area contributed by atoms with Crippen molar-refractivity contribution in [2.24, 2.45) is 5.73 Å². The fraction of sp³-hybridized carbons (Fsp3) is 0.118. The first-order valence-electron chi connectivity index (χ1n) is 6.58. The molecule has 2 aromatic carbocycles. The number of pyridine rings is 1. The van der Waals surface area contributed by atoms with Crippen LogP contribution in [-0.2, 0) is 6.42 Å². The Labute approximate surface area is 117 Å². The number of hydrogen-bond acceptors (Lipinski definition) is 2. The monoisotopic (exact) mass is 266 g/mol. The minimum atomic E-state index is -0.228. The van der Waals surface area contributed by atoms with E-state index in [-0.39, 0.29) is 11.9 Å². The number of aromatic nitrogens is 1. The van der Waals surface area contributed by atoms with Gasteiger partial charge in [0, 0.05) is 17.6 Å². The van der Waals surface area contributed by atoms with Gasteiger partial charge in [-0.15, -0.1) is 0 Å². The summed E-state index contributed by atoms with van der Waals surface area (Å²) in [4.78, 5) is 4.42. The lowest BCUT2D eigenvalue weighted by Gasteiger charge is -2.14. The van der Waals surface area contributed by atoms with Crippen LogP contribution in [0.5, 0.6) is 0 Å². The van der Waals surface area contributed by atoms with Gasteiger partial charge in [0.05, 0.1) is 5.52 Å². The standard InChI is InChI=1S/C17H15FN2/c18-14-8-6-12(7-9-14)11-16(19)15-5-1-3-13-4-2-10-20-17(13)15/h1-10,16H,11,19H2. The molecule has 0 fully saturated rings. The zero-order valence-corrected chi connectivity index (χ0v) is 11.0. The average Bonchev–Trinajstić information content (AvgIpc) is 2.49. The Hall–Kier alpha value is -2.26. The zero-order chi connectivity index (χ0) is 13.9. The molecule has 0 aliphatic carbocycles. The van der Waals surface area contributed by atoms with Gasteiger partial charge in [-0.3, -0.25) is 4.98 Å². The highest BCUT2D eigenvalue weighted by atomic mass is 19.1. The first-order valence-corrected chi connectivity index (χ1v) is 6.58. The Morgan fingerprint density at radius 3 is 2.55 bits per heavy atom. The summed E-state index contributed by atoms with van der Waals surface area (Å²) in [5, 5.41) is 1.08. The molecule has 0 radical (unpaired) electrons. The maximum atomic E-state index is 12.9. The number of fused-ring (bicyclic) bond motifs is 1. The van der Waals surface area contributed by atoms with E-state index in [2.05, 4.69) is 4.98 Å². The Morgan fingerprint density at radius 1 is 1.00 bits per heavy atom. The van der Waals surface area contributed by atoms with Crippen molar-refractivity contribution in [3.05, 3.63) is 77.7 Å². The van der Waals surface area contributed by atoms with Gasteiger partial charge in [0.1, 0.15) is 5.82 Å². The lowest BCUT2D eigenvalue weighted by atomic mass is 9.97. The van der Waals surface area contributed by atoms with Crippen LogP contribution in [0.25, 0.3) is 10.9 Å². The summed E-state index contributed by atoms with van der Waals surface area (Å²) in [7, 11) is 0. The smallest absolute Gasteiger partial charge is 0.123 e. The van der Waals surface area contributed by atoms with Crippen LogP contribution in [0, 0.1) is 5.82 Å². The van der Waals surface area contributed by atoms with Gasteiger partial charge in [0.15, 0.2) is 0 Å². The molecule has 0 saturated carbocycles. The molecule has 1 unspecified atom stereocenters. The van der Waals surface area contributed by atoms with Crippen molar-refractivity contribution in [2.45, 2.75) is 12.5 Å². The lowest BCUT2D eigenvalue weighted by Crippen LogP contribution is -2.14. The summed E-state index contributed by atoms with van der Waals surface area (Å²) in [5.74, 6) is -0.228. The Morgan fingerprint density at radius 2 is 1.75 bits per heavy atom. The van der Waals surface area contributed by atoms with E-state index in [1.165, 1.54) is 12.1 Å². The molecule has 3 rings (SSSR count). The third-order valence-electron chi connectivity index (χ3n) is 3.43. The van der Waals surface area contributed by atoms with Crippen LogP contribution >= 0.6 is 0 Å². The average molecular weight is 266 g/mol. The third-order valence-corrected chi connectivity index (χ3v) is 3.43. The van der Waals surface area contributed by atoms with E-state index in [0.717, 1.165) is 22.0 Å². The van der Waals surface area contributed by atoms with Crippen LogP contribution < -0.4 is 5.73 Å². The van der Waals surface area contributed by atoms with Crippen LogP contribution in [0.2, 0.25) is 0 Å². The van der Waals surface area contributed by atoms with Gasteiger partial charge in [0.25, 0.3) is 0 Å². The molecule has 0 bridgehead atoms. The van der Waals surface area contributed by atoms with Crippen LogP contribution in [-0.4, -0.2) is 4.98 Å². The maximum Gasteiger partial charge on any atom is 0.123 e. The van der Waals surface area contributed by atoms with Crippen LogP contribution in [0.4, 0.5) is 4.39 Å². The maximum absolute atomic E-state index is 12.9. The topological polar surface area (TPSA) is 38.9 Å². The number of nitrogens with two attached hydrogens (primary N) is 1. The van der Waals surface area contributed by atoms with E-state index in [1.807, 2.05) is 30.3 Å². The first kappa shape index (κ1) is 12.8. The molecule has 20 heavy (non-hydrogen) atoms. The number of hydrogen-bond donors (Lipinski definition) is 1. The Bertz CT molecular complexity index is 717. The molecule has 2 nitrogen and oxygen atoms in total. The largest absolute Gasteiger partial charge is 0.324 e. The highest BCUT2D eigenvalue weighted by Crippen LogP contribution is 2.23. The summed E-state index contributed by atoms with van der Waals surface area (Å²) in [5.41, 5.74) is 9.27. The summed E-state index contributed by atoms with van der Waals surface area (Å²) in [6.07, 6.45) is 2.44. The van der Waals surface area contributed by atoms with Crippen LogP contribution in [0.3, 0.4) is 0 Å². The number of nitrogens with zero attached hydrogens (tertiary/aromatic N) is 1. The van der Waals surface area contributed by atoms with Crippen molar-refractivity contribution < 1.29 is 4.39 Å². The molecule has 0 aliphatic rings. The van der Waals surface area contributed by atoms with E-state index in [4.69, 9.17) is 5.73 Å². The first-order chi connectivity index (χ1) is 9.74. The van der Waals surface area contributed by atoms with E-state index >= 15 is 0 Å². The van der Waals surface area contributed by atoms with Crippen molar-refractivity contribution in [1.82, 2.24) is 4.98 Å². The van der Waals surface area contributed by atoms with Crippen molar-refractivity contribution in [2.75, 3.05) is 0 Å². The molecular weight excluding hydrogens is 251 g/mol. The molecule has 0 saturated heterocycles. The highest BCUT2D eigenvalue weighted by molar-refractivity contribution is 5.82. The molecular formula is C17H15FN2. The Kier molecular flexibility index (Phi) is 3.44. The van der Waals surface area contributed by atoms with Gasteiger partial charge in [-0.05, 0) is 35.7 Å². The van der Waals surface area contributed by atoms with E-state index in [9.17, 15) is 4.39 Å². The van der Waals surface area contributed by atoms with Gasteiger partial charge >= 0.3 is 0 Å². The van der Waals surface area contributed by atoms with Crippen molar-refractivity contribution in [3.8, 4) is 0 Å². The number of para-hydroxylation sites is 1. The summed E-state index contributed by atoms with van der Waals surface area (Å²) < 4.78 is 12.9. The summed E-state index contributed by atoms with van der Waals surface area (Å²) >= 11 is 0. The normalized spacial score (nSPS) is 12.5. The second-order valence-corrected chi connectivity index (χ2v) is 4.86. The third kappa shape index (κ3) is 2.53. The SMILES string of the molecule is NC(Cc1ccc(F)cc1)c1cccc2cccnc12. The molecule has 0 aliphatic heterocycles. The predicted octanol–water partition coefficient (Wildman–Crippen LogP) is 3.62. The molecule has 2 N–H and O–H groups in total. The van der Waals surface area contributed by atoms with Crippen LogP contribution in [0.1, 0.15) is 17.2 Å². The molecule has 0 amide bonds. The fourth-order valence-corrected chi connectivity index (χ4v) is 2.41. The second-order valence-electron chi connectivity index (χ2n) is 4.86. The van der Waals surface area contributed by atoms with Crippen molar-refractivity contribution in [3.63, 3.8) is 0 Å². The molecule has 3 heteroatoms. The molecule has 0 spiro atoms. The lowest BCUT2D eigenvalue weighted by molar-refractivity contribution is 0.625. The van der Waals surface area contributed by atoms with E-state index in [0.29, 0.717) is 6.42 Å². The van der Waals surface area contributed by atoms with Gasteiger partial charge in [-0.1, -0.05) is 36.4 Å². The highest BCUT2D eigenvalue weighted by Gasteiger charge is 2.11. The fourth-order valence-electron chi connectivity index (χ4n) is 2.41. The minimum Gasteiger partial charge on any atom is -0.324 e. The van der Waals surface area contributed by atoms with E-state index < -0.39 is 0 Å². The number of rotatable bonds is 3. The molecule has 3 aromatic rings. The quantitative estimate of drug-likeness (QED) is 0.786. The number of halogens is 1. The second kappa shape index (κ2) is 5.39. The molecule has 1 atom stereocenters. The van der Waals surface area contributed by atoms with Crippen LogP contribution in [0.15, 0.2) is 60.8 Å². The summed E-state index contributed by atoms with van der Waals surface area (Å²) in [6, 6.07) is 16.3. The Balaban J connectivity index is 1.92. The molecule has 1 aromatic heterocycles. The minimum absolute atomic E-state index is 0.154. The molecule has 100 valence electrons. The molecule has 1 heterocycles. The predicted molar refractivity (Wildman–Crippen MR) is 78.8 cm³/mol. The zero-order valence-electron chi connectivity index (χ0n) is 11.0. The van der Waals surface area contributed by atoms with Crippen molar-refractivity contribution in [1.29, 1.82) is 0 Å². The van der Waals surface area contributed by atoms with Gasteiger partial charge in [-0.2, -0.15) is 0 Å². The van der Waals surface area contributed by atoms with Gasteiger partial charge < -0.3 is 5.73 Å². The van der Waals surface area contributed by atoms with Gasteiger partial charge in [-0.25, -0.2) is 4.39 Å². The summed E-state index contributed by atoms with van der Waals surface area (Å²) in [6.45, 7) is 0. The van der Waals surface area contributed by atoms with E-state index in [1.54, 1.807) is 18.3 Å².